The number of rotatable bonds is 8. The molecule has 3 aromatic rings. The van der Waals surface area contributed by atoms with Gasteiger partial charge in [-0.1, -0.05) is 30.3 Å². The van der Waals surface area contributed by atoms with Crippen molar-refractivity contribution >= 4 is 22.7 Å². The molecule has 29 heavy (non-hydrogen) atoms. The summed E-state index contributed by atoms with van der Waals surface area (Å²) in [7, 11) is 1.61. The van der Waals surface area contributed by atoms with Gasteiger partial charge in [0.15, 0.2) is 0 Å². The lowest BCUT2D eigenvalue weighted by Gasteiger charge is -2.18. The minimum atomic E-state index is -0.611. The monoisotopic (exact) mass is 391 g/mol. The largest absolute Gasteiger partial charge is 0.497 e. The third kappa shape index (κ3) is 4.77. The Bertz CT molecular complexity index is 1010. The van der Waals surface area contributed by atoms with E-state index in [1.807, 2.05) is 54.7 Å². The number of methoxy groups -OCH3 is 1. The molecule has 0 unspecified atom stereocenters. The molecule has 1 fully saturated rings. The highest BCUT2D eigenvalue weighted by molar-refractivity contribution is 5.90. The van der Waals surface area contributed by atoms with Gasteiger partial charge in [-0.3, -0.25) is 9.59 Å². The molecule has 0 bridgehead atoms. The van der Waals surface area contributed by atoms with E-state index in [0.29, 0.717) is 6.42 Å². The van der Waals surface area contributed by atoms with Gasteiger partial charge in [0.1, 0.15) is 11.8 Å². The summed E-state index contributed by atoms with van der Waals surface area (Å²) in [6.45, 7) is 0. The lowest BCUT2D eigenvalue weighted by Crippen LogP contribution is -2.49. The normalized spacial score (nSPS) is 14.4. The molecule has 6 heteroatoms. The molecule has 0 radical (unpaired) electrons. The first-order chi connectivity index (χ1) is 14.1. The molecule has 1 aromatic heterocycles. The fraction of sp³-hybridized carbons (Fsp3) is 0.304. The molecule has 2 aromatic carbocycles. The van der Waals surface area contributed by atoms with Gasteiger partial charge in [-0.15, -0.1) is 0 Å². The first-order valence-electron chi connectivity index (χ1n) is 9.90. The van der Waals surface area contributed by atoms with Crippen LogP contribution in [0.4, 0.5) is 0 Å². The van der Waals surface area contributed by atoms with Gasteiger partial charge in [-0.25, -0.2) is 0 Å². The Hall–Kier alpha value is -3.28. The predicted octanol–water partition coefficient (Wildman–Crippen LogP) is 2.73. The molecule has 4 rings (SSSR count). The van der Waals surface area contributed by atoms with E-state index in [1.54, 1.807) is 7.11 Å². The Kier molecular flexibility index (Phi) is 5.51. The highest BCUT2D eigenvalue weighted by Gasteiger charge is 2.29. The second-order valence-electron chi connectivity index (χ2n) is 7.49. The van der Waals surface area contributed by atoms with Crippen LogP contribution in [-0.2, 0) is 22.4 Å². The zero-order valence-corrected chi connectivity index (χ0v) is 16.4. The maximum absolute atomic E-state index is 12.8. The van der Waals surface area contributed by atoms with E-state index in [4.69, 9.17) is 4.74 Å². The lowest BCUT2D eigenvalue weighted by atomic mass is 10.0. The quantitative estimate of drug-likeness (QED) is 0.552. The first-order valence-corrected chi connectivity index (χ1v) is 9.90. The summed E-state index contributed by atoms with van der Waals surface area (Å²) in [6, 6.07) is 15.0. The summed E-state index contributed by atoms with van der Waals surface area (Å²) < 4.78 is 5.15. The molecule has 0 spiro atoms. The van der Waals surface area contributed by atoms with Crippen molar-refractivity contribution in [1.82, 2.24) is 15.6 Å². The highest BCUT2D eigenvalue weighted by atomic mass is 16.5. The molecular formula is C23H25N3O3. The number of fused-ring (bicyclic) bond motifs is 1. The van der Waals surface area contributed by atoms with E-state index in [9.17, 15) is 9.59 Å². The van der Waals surface area contributed by atoms with Crippen LogP contribution in [0, 0.1) is 0 Å². The van der Waals surface area contributed by atoms with Gasteiger partial charge < -0.3 is 20.4 Å². The van der Waals surface area contributed by atoms with E-state index in [2.05, 4.69) is 15.6 Å². The van der Waals surface area contributed by atoms with Crippen LogP contribution in [0.3, 0.4) is 0 Å². The van der Waals surface area contributed by atoms with Crippen LogP contribution in [-0.4, -0.2) is 36.0 Å². The fourth-order valence-corrected chi connectivity index (χ4v) is 3.43. The number of amides is 2. The smallest absolute Gasteiger partial charge is 0.243 e. The number of aromatic nitrogens is 1. The zero-order valence-electron chi connectivity index (χ0n) is 16.4. The van der Waals surface area contributed by atoms with Crippen LogP contribution in [0.2, 0.25) is 0 Å². The minimum absolute atomic E-state index is 0.124. The van der Waals surface area contributed by atoms with Crippen LogP contribution in [0.15, 0.2) is 54.7 Å². The molecule has 2 amide bonds. The van der Waals surface area contributed by atoms with Gasteiger partial charge in [0.25, 0.3) is 0 Å². The molecule has 0 aliphatic heterocycles. The molecule has 1 atom stereocenters. The van der Waals surface area contributed by atoms with Crippen molar-refractivity contribution in [1.29, 1.82) is 0 Å². The molecule has 3 N–H and O–H groups in total. The number of carbonyl (C=O) groups is 2. The van der Waals surface area contributed by atoms with Gasteiger partial charge >= 0.3 is 0 Å². The summed E-state index contributed by atoms with van der Waals surface area (Å²) >= 11 is 0. The van der Waals surface area contributed by atoms with Crippen molar-refractivity contribution in [2.75, 3.05) is 7.11 Å². The maximum Gasteiger partial charge on any atom is 0.243 e. The average molecular weight is 391 g/mol. The summed E-state index contributed by atoms with van der Waals surface area (Å²) in [4.78, 5) is 28.7. The Morgan fingerprint density at radius 3 is 2.62 bits per heavy atom. The number of benzene rings is 2. The SMILES string of the molecule is COc1ccc(CC(=O)N[C@@H](Cc2c[nH]c3ccccc23)C(=O)NC2CC2)cc1. The number of carbonyl (C=O) groups excluding carboxylic acids is 2. The zero-order chi connectivity index (χ0) is 20.2. The number of aromatic amines is 1. The topological polar surface area (TPSA) is 83.2 Å². The summed E-state index contributed by atoms with van der Waals surface area (Å²) in [5.41, 5.74) is 2.91. The number of para-hydroxylation sites is 1. The third-order valence-electron chi connectivity index (χ3n) is 5.20. The molecule has 1 aliphatic carbocycles. The van der Waals surface area contributed by atoms with E-state index >= 15 is 0 Å². The summed E-state index contributed by atoms with van der Waals surface area (Å²) in [5.74, 6) is 0.446. The highest BCUT2D eigenvalue weighted by Crippen LogP contribution is 2.21. The summed E-state index contributed by atoms with van der Waals surface area (Å²) in [6.07, 6.45) is 4.58. The molecule has 1 heterocycles. The van der Waals surface area contributed by atoms with Crippen LogP contribution in [0.25, 0.3) is 10.9 Å². The van der Waals surface area contributed by atoms with Crippen molar-refractivity contribution < 1.29 is 14.3 Å². The van der Waals surface area contributed by atoms with Gasteiger partial charge in [-0.05, 0) is 42.2 Å². The van der Waals surface area contributed by atoms with E-state index in [1.165, 1.54) is 0 Å². The first kappa shape index (κ1) is 19.1. The van der Waals surface area contributed by atoms with Crippen LogP contribution < -0.4 is 15.4 Å². The molecular weight excluding hydrogens is 366 g/mol. The molecule has 150 valence electrons. The second kappa shape index (κ2) is 8.39. The Labute approximate surface area is 169 Å². The van der Waals surface area contributed by atoms with Crippen LogP contribution in [0.1, 0.15) is 24.0 Å². The number of nitrogens with one attached hydrogen (secondary N) is 3. The van der Waals surface area contributed by atoms with Crippen LogP contribution in [0.5, 0.6) is 5.75 Å². The van der Waals surface area contributed by atoms with Crippen molar-refractivity contribution in [3.8, 4) is 5.75 Å². The predicted molar refractivity (Wildman–Crippen MR) is 112 cm³/mol. The molecule has 0 saturated heterocycles. The maximum atomic E-state index is 12.8. The van der Waals surface area contributed by atoms with Crippen molar-refractivity contribution in [3.05, 3.63) is 65.9 Å². The number of H-pyrrole nitrogens is 1. The minimum Gasteiger partial charge on any atom is -0.497 e. The van der Waals surface area contributed by atoms with Crippen molar-refractivity contribution in [3.63, 3.8) is 0 Å². The van der Waals surface area contributed by atoms with Crippen LogP contribution >= 0.6 is 0 Å². The second-order valence-corrected chi connectivity index (χ2v) is 7.49. The van der Waals surface area contributed by atoms with Crippen molar-refractivity contribution in [2.24, 2.45) is 0 Å². The van der Waals surface area contributed by atoms with E-state index in [0.717, 1.165) is 40.6 Å². The van der Waals surface area contributed by atoms with E-state index < -0.39 is 6.04 Å². The Morgan fingerprint density at radius 2 is 1.90 bits per heavy atom. The fourth-order valence-electron chi connectivity index (χ4n) is 3.43. The third-order valence-corrected chi connectivity index (χ3v) is 5.20. The van der Waals surface area contributed by atoms with Gasteiger partial charge in [-0.2, -0.15) is 0 Å². The van der Waals surface area contributed by atoms with Gasteiger partial charge in [0, 0.05) is 29.6 Å². The summed E-state index contributed by atoms with van der Waals surface area (Å²) in [5, 5.41) is 7.02. The molecule has 6 nitrogen and oxygen atoms in total. The number of ether oxygens (including phenoxy) is 1. The average Bonchev–Trinajstić information content (AvgIpc) is 3.46. The molecule has 1 saturated carbocycles. The lowest BCUT2D eigenvalue weighted by molar-refractivity contribution is -0.128. The van der Waals surface area contributed by atoms with Gasteiger partial charge in [0.05, 0.1) is 13.5 Å². The number of hydrogen-bond acceptors (Lipinski definition) is 3. The Balaban J connectivity index is 1.47. The van der Waals surface area contributed by atoms with Crippen molar-refractivity contribution in [2.45, 2.75) is 37.8 Å². The Morgan fingerprint density at radius 1 is 1.14 bits per heavy atom. The standard InChI is InChI=1S/C23H25N3O3/c1-29-18-10-6-15(7-11-18)12-22(27)26-21(23(28)25-17-8-9-17)13-16-14-24-20-5-3-2-4-19(16)20/h2-7,10-11,14,17,21,24H,8-9,12-13H2,1H3,(H,25,28)(H,26,27)/t21-/m0/s1. The van der Waals surface area contributed by atoms with Gasteiger partial charge in [0.2, 0.25) is 11.8 Å². The van der Waals surface area contributed by atoms with E-state index in [-0.39, 0.29) is 24.3 Å². The number of hydrogen-bond donors (Lipinski definition) is 3. The molecule has 1 aliphatic rings.